The van der Waals surface area contributed by atoms with Crippen molar-refractivity contribution in [1.29, 1.82) is 5.26 Å². The van der Waals surface area contributed by atoms with E-state index in [0.717, 1.165) is 6.42 Å². The summed E-state index contributed by atoms with van der Waals surface area (Å²) < 4.78 is 29.3. The SMILES string of the molecule is CCCNC(=O)CN(C)Cc1ccc(C#N)cc1OC(F)F. The van der Waals surface area contributed by atoms with Gasteiger partial charge in [0.05, 0.1) is 18.2 Å². The van der Waals surface area contributed by atoms with Gasteiger partial charge in [-0.3, -0.25) is 9.69 Å². The minimum absolute atomic E-state index is 0.0464. The van der Waals surface area contributed by atoms with Crippen LogP contribution in [0.2, 0.25) is 0 Å². The van der Waals surface area contributed by atoms with Crippen LogP contribution in [0.15, 0.2) is 18.2 Å². The Bertz CT molecular complexity index is 544. The summed E-state index contributed by atoms with van der Waals surface area (Å²) in [5.41, 5.74) is 0.729. The van der Waals surface area contributed by atoms with E-state index < -0.39 is 6.61 Å². The molecule has 1 aromatic carbocycles. The van der Waals surface area contributed by atoms with Crippen LogP contribution < -0.4 is 10.1 Å². The minimum Gasteiger partial charge on any atom is -0.434 e. The molecule has 120 valence electrons. The third-order valence-electron chi connectivity index (χ3n) is 2.84. The summed E-state index contributed by atoms with van der Waals surface area (Å²) in [4.78, 5) is 13.3. The first kappa shape index (κ1) is 17.9. The highest BCUT2D eigenvalue weighted by Gasteiger charge is 2.14. The van der Waals surface area contributed by atoms with Gasteiger partial charge in [0.1, 0.15) is 5.75 Å². The zero-order valence-electron chi connectivity index (χ0n) is 12.6. The van der Waals surface area contributed by atoms with Crippen molar-refractivity contribution >= 4 is 5.91 Å². The largest absolute Gasteiger partial charge is 0.434 e. The number of alkyl halides is 2. The minimum atomic E-state index is -2.97. The number of hydrogen-bond donors (Lipinski definition) is 1. The van der Waals surface area contributed by atoms with Crippen LogP contribution in [0.25, 0.3) is 0 Å². The van der Waals surface area contributed by atoms with Crippen molar-refractivity contribution in [3.8, 4) is 11.8 Å². The van der Waals surface area contributed by atoms with Crippen LogP contribution in [0.4, 0.5) is 8.78 Å². The Balaban J connectivity index is 2.74. The molecule has 22 heavy (non-hydrogen) atoms. The van der Waals surface area contributed by atoms with Gasteiger partial charge in [-0.1, -0.05) is 13.0 Å². The lowest BCUT2D eigenvalue weighted by molar-refractivity contribution is -0.122. The first-order chi connectivity index (χ1) is 10.5. The fraction of sp³-hybridized carbons (Fsp3) is 0.467. The maximum absolute atomic E-state index is 12.4. The molecule has 0 atom stereocenters. The number of nitriles is 1. The fourth-order valence-electron chi connectivity index (χ4n) is 1.87. The van der Waals surface area contributed by atoms with E-state index in [1.807, 2.05) is 13.0 Å². The number of likely N-dealkylation sites (N-methyl/N-ethyl adjacent to an activating group) is 1. The highest BCUT2D eigenvalue weighted by atomic mass is 19.3. The number of benzene rings is 1. The molecule has 0 radical (unpaired) electrons. The molecule has 7 heteroatoms. The monoisotopic (exact) mass is 311 g/mol. The molecule has 1 amide bonds. The molecular formula is C15H19F2N3O2. The third kappa shape index (κ3) is 6.06. The van der Waals surface area contributed by atoms with E-state index in [4.69, 9.17) is 5.26 Å². The van der Waals surface area contributed by atoms with E-state index in [1.165, 1.54) is 12.1 Å². The number of carbonyl (C=O) groups is 1. The van der Waals surface area contributed by atoms with Crippen LogP contribution in [0, 0.1) is 11.3 Å². The van der Waals surface area contributed by atoms with E-state index in [-0.39, 0.29) is 30.3 Å². The number of amides is 1. The van der Waals surface area contributed by atoms with Crippen molar-refractivity contribution in [2.75, 3.05) is 20.1 Å². The Morgan fingerprint density at radius 2 is 2.23 bits per heavy atom. The van der Waals surface area contributed by atoms with Crippen LogP contribution >= 0.6 is 0 Å². The molecule has 1 N–H and O–H groups in total. The second-order valence-corrected chi connectivity index (χ2v) is 4.84. The zero-order valence-corrected chi connectivity index (χ0v) is 12.6. The fourth-order valence-corrected chi connectivity index (χ4v) is 1.87. The Labute approximate surface area is 128 Å². The van der Waals surface area contributed by atoms with E-state index in [0.29, 0.717) is 12.1 Å². The van der Waals surface area contributed by atoms with Gasteiger partial charge < -0.3 is 10.1 Å². The van der Waals surface area contributed by atoms with Gasteiger partial charge >= 0.3 is 6.61 Å². The lowest BCUT2D eigenvalue weighted by atomic mass is 10.1. The van der Waals surface area contributed by atoms with Gasteiger partial charge in [-0.2, -0.15) is 14.0 Å². The number of ether oxygens (including phenoxy) is 1. The third-order valence-corrected chi connectivity index (χ3v) is 2.84. The van der Waals surface area contributed by atoms with E-state index >= 15 is 0 Å². The first-order valence-electron chi connectivity index (χ1n) is 6.89. The van der Waals surface area contributed by atoms with Crippen molar-refractivity contribution in [1.82, 2.24) is 10.2 Å². The summed E-state index contributed by atoms with van der Waals surface area (Å²) in [6, 6.07) is 6.22. The van der Waals surface area contributed by atoms with Crippen molar-refractivity contribution in [3.05, 3.63) is 29.3 Å². The lowest BCUT2D eigenvalue weighted by Gasteiger charge is -2.18. The Hall–Kier alpha value is -2.20. The number of nitrogens with one attached hydrogen (secondary N) is 1. The van der Waals surface area contributed by atoms with Crippen molar-refractivity contribution in [2.45, 2.75) is 26.5 Å². The molecule has 0 aliphatic heterocycles. The second kappa shape index (κ2) is 8.95. The number of nitrogens with zero attached hydrogens (tertiary/aromatic N) is 2. The lowest BCUT2D eigenvalue weighted by Crippen LogP contribution is -2.35. The average Bonchev–Trinajstić information content (AvgIpc) is 2.46. The Kier molecular flexibility index (Phi) is 7.26. The molecule has 1 rings (SSSR count). The number of rotatable bonds is 8. The van der Waals surface area contributed by atoms with Crippen molar-refractivity contribution < 1.29 is 18.3 Å². The molecule has 0 aromatic heterocycles. The second-order valence-electron chi connectivity index (χ2n) is 4.84. The number of hydrogen-bond acceptors (Lipinski definition) is 4. The van der Waals surface area contributed by atoms with Crippen LogP contribution in [0.5, 0.6) is 5.75 Å². The Morgan fingerprint density at radius 3 is 2.82 bits per heavy atom. The summed E-state index contributed by atoms with van der Waals surface area (Å²) in [5, 5.41) is 11.6. The van der Waals surface area contributed by atoms with Crippen LogP contribution in [-0.4, -0.2) is 37.6 Å². The van der Waals surface area contributed by atoms with Crippen LogP contribution in [0.1, 0.15) is 24.5 Å². The topological polar surface area (TPSA) is 65.4 Å². The van der Waals surface area contributed by atoms with Gasteiger partial charge in [-0.05, 0) is 25.6 Å². The van der Waals surface area contributed by atoms with Gasteiger partial charge in [-0.15, -0.1) is 0 Å². The van der Waals surface area contributed by atoms with Gasteiger partial charge in [0, 0.05) is 18.7 Å². The first-order valence-corrected chi connectivity index (χ1v) is 6.89. The predicted molar refractivity (Wildman–Crippen MR) is 77.4 cm³/mol. The van der Waals surface area contributed by atoms with Crippen LogP contribution in [-0.2, 0) is 11.3 Å². The smallest absolute Gasteiger partial charge is 0.387 e. The highest BCUT2D eigenvalue weighted by molar-refractivity contribution is 5.77. The molecule has 0 aliphatic carbocycles. The molecule has 0 heterocycles. The van der Waals surface area contributed by atoms with E-state index in [9.17, 15) is 13.6 Å². The summed E-state index contributed by atoms with van der Waals surface area (Å²) in [5.74, 6) is -0.177. The van der Waals surface area contributed by atoms with E-state index in [1.54, 1.807) is 18.0 Å². The zero-order chi connectivity index (χ0) is 16.5. The van der Waals surface area contributed by atoms with Crippen molar-refractivity contribution in [3.63, 3.8) is 0 Å². The normalized spacial score (nSPS) is 10.6. The molecule has 0 unspecified atom stereocenters. The number of carbonyl (C=O) groups excluding carboxylic acids is 1. The maximum atomic E-state index is 12.4. The summed E-state index contributed by atoms with van der Waals surface area (Å²) in [7, 11) is 1.70. The molecule has 0 saturated carbocycles. The quantitative estimate of drug-likeness (QED) is 0.798. The maximum Gasteiger partial charge on any atom is 0.387 e. The van der Waals surface area contributed by atoms with Crippen LogP contribution in [0.3, 0.4) is 0 Å². The van der Waals surface area contributed by atoms with Gasteiger partial charge in [-0.25, -0.2) is 0 Å². The van der Waals surface area contributed by atoms with Gasteiger partial charge in [0.15, 0.2) is 0 Å². The molecular weight excluding hydrogens is 292 g/mol. The Morgan fingerprint density at radius 1 is 1.50 bits per heavy atom. The summed E-state index contributed by atoms with van der Waals surface area (Å²) >= 11 is 0. The highest BCUT2D eigenvalue weighted by Crippen LogP contribution is 2.23. The molecule has 1 aromatic rings. The molecule has 0 fully saturated rings. The summed E-state index contributed by atoms with van der Waals surface area (Å²) in [6.45, 7) is -0.00906. The molecule has 0 aliphatic rings. The van der Waals surface area contributed by atoms with Gasteiger partial charge in [0.2, 0.25) is 5.91 Å². The average molecular weight is 311 g/mol. The van der Waals surface area contributed by atoms with Gasteiger partial charge in [0.25, 0.3) is 0 Å². The molecule has 0 spiro atoms. The molecule has 5 nitrogen and oxygen atoms in total. The molecule has 0 bridgehead atoms. The number of halogens is 2. The van der Waals surface area contributed by atoms with Crippen molar-refractivity contribution in [2.24, 2.45) is 0 Å². The predicted octanol–water partition coefficient (Wildman–Crippen LogP) is 2.12. The molecule has 0 saturated heterocycles. The van der Waals surface area contributed by atoms with E-state index in [2.05, 4.69) is 10.1 Å². The standard InChI is InChI=1S/C15H19F2N3O2/c1-3-6-19-14(21)10-20(2)9-12-5-4-11(8-18)7-13(12)22-15(16)17/h4-5,7,15H,3,6,9-10H2,1-2H3,(H,19,21). The summed E-state index contributed by atoms with van der Waals surface area (Å²) in [6.07, 6.45) is 0.845.